The lowest BCUT2D eigenvalue weighted by Crippen LogP contribution is -2.48. The van der Waals surface area contributed by atoms with Crippen LogP contribution in [0.25, 0.3) is 10.9 Å². The number of aromatic amines is 1. The molecule has 4 rings (SSSR count). The molecular formula is C23H25N3O2. The highest BCUT2D eigenvalue weighted by Crippen LogP contribution is 2.16. The van der Waals surface area contributed by atoms with E-state index in [1.165, 1.54) is 5.56 Å². The number of piperazine rings is 1. The number of aromatic nitrogens is 1. The highest BCUT2D eigenvalue weighted by molar-refractivity contribution is 5.94. The Labute approximate surface area is 164 Å². The van der Waals surface area contributed by atoms with E-state index in [9.17, 15) is 9.59 Å². The molecule has 5 nitrogen and oxygen atoms in total. The van der Waals surface area contributed by atoms with Crippen molar-refractivity contribution in [3.63, 3.8) is 0 Å². The topological polar surface area (TPSA) is 56.4 Å². The minimum absolute atomic E-state index is 0.0282. The van der Waals surface area contributed by atoms with E-state index in [2.05, 4.69) is 28.9 Å². The standard InChI is InChI=1S/C23H25N3O2/c1-2-17-8-9-21-19(14-17)15-20(22(27)24-21)16-25-10-12-26(13-11-25)23(28)18-6-4-3-5-7-18/h3-9,14-15H,2,10-13,16H2,1H3,(H,24,27). The number of carbonyl (C=O) groups is 1. The maximum absolute atomic E-state index is 12.6. The first kappa shape index (κ1) is 18.4. The predicted molar refractivity (Wildman–Crippen MR) is 112 cm³/mol. The first-order valence-electron chi connectivity index (χ1n) is 9.85. The Morgan fingerprint density at radius 3 is 2.46 bits per heavy atom. The van der Waals surface area contributed by atoms with Crippen molar-refractivity contribution in [1.29, 1.82) is 0 Å². The number of hydrogen-bond donors (Lipinski definition) is 1. The molecule has 1 fully saturated rings. The Hall–Kier alpha value is -2.92. The van der Waals surface area contributed by atoms with Gasteiger partial charge in [-0.1, -0.05) is 31.2 Å². The van der Waals surface area contributed by atoms with Crippen LogP contribution in [0, 0.1) is 0 Å². The molecule has 1 aliphatic rings. The lowest BCUT2D eigenvalue weighted by Gasteiger charge is -2.34. The zero-order chi connectivity index (χ0) is 19.5. The summed E-state index contributed by atoms with van der Waals surface area (Å²) in [4.78, 5) is 32.2. The van der Waals surface area contributed by atoms with Crippen molar-refractivity contribution in [3.8, 4) is 0 Å². The van der Waals surface area contributed by atoms with Crippen LogP contribution in [0.15, 0.2) is 59.4 Å². The second-order valence-electron chi connectivity index (χ2n) is 7.33. The van der Waals surface area contributed by atoms with E-state index in [0.29, 0.717) is 19.6 Å². The van der Waals surface area contributed by atoms with E-state index in [1.807, 2.05) is 47.4 Å². The van der Waals surface area contributed by atoms with Gasteiger partial charge in [-0.05, 0) is 47.7 Å². The molecule has 1 aromatic heterocycles. The first-order valence-corrected chi connectivity index (χ1v) is 9.85. The number of amides is 1. The fourth-order valence-electron chi connectivity index (χ4n) is 3.75. The van der Waals surface area contributed by atoms with Crippen molar-refractivity contribution in [2.24, 2.45) is 0 Å². The number of benzene rings is 2. The smallest absolute Gasteiger partial charge is 0.253 e. The summed E-state index contributed by atoms with van der Waals surface area (Å²) < 4.78 is 0. The van der Waals surface area contributed by atoms with Crippen LogP contribution in [-0.2, 0) is 13.0 Å². The fourth-order valence-corrected chi connectivity index (χ4v) is 3.75. The number of nitrogens with zero attached hydrogens (tertiary/aromatic N) is 2. The second-order valence-corrected chi connectivity index (χ2v) is 7.33. The molecular weight excluding hydrogens is 350 g/mol. The molecule has 1 aliphatic heterocycles. The molecule has 2 aromatic carbocycles. The number of fused-ring (bicyclic) bond motifs is 1. The normalized spacial score (nSPS) is 15.1. The SMILES string of the molecule is CCc1ccc2[nH]c(=O)c(CN3CCN(C(=O)c4ccccc4)CC3)cc2c1. The summed E-state index contributed by atoms with van der Waals surface area (Å²) in [6.07, 6.45) is 0.974. The number of H-pyrrole nitrogens is 1. The van der Waals surface area contributed by atoms with Gasteiger partial charge in [-0.2, -0.15) is 0 Å². The molecule has 0 spiro atoms. The molecule has 0 saturated carbocycles. The van der Waals surface area contributed by atoms with Crippen LogP contribution >= 0.6 is 0 Å². The van der Waals surface area contributed by atoms with E-state index in [1.54, 1.807) is 0 Å². The summed E-state index contributed by atoms with van der Waals surface area (Å²) in [5.74, 6) is 0.0795. The molecule has 0 unspecified atom stereocenters. The minimum atomic E-state index is -0.0282. The zero-order valence-electron chi connectivity index (χ0n) is 16.1. The molecule has 2 heterocycles. The van der Waals surface area contributed by atoms with Crippen LogP contribution in [-0.4, -0.2) is 46.9 Å². The molecule has 144 valence electrons. The fraction of sp³-hybridized carbons (Fsp3) is 0.304. The Kier molecular flexibility index (Phi) is 5.26. The molecule has 0 bridgehead atoms. The highest BCUT2D eigenvalue weighted by Gasteiger charge is 2.22. The predicted octanol–water partition coefficient (Wildman–Crippen LogP) is 3.05. The quantitative estimate of drug-likeness (QED) is 0.763. The monoisotopic (exact) mass is 375 g/mol. The molecule has 1 N–H and O–H groups in total. The molecule has 5 heteroatoms. The molecule has 3 aromatic rings. The number of hydrogen-bond acceptors (Lipinski definition) is 3. The summed E-state index contributed by atoms with van der Waals surface area (Å²) in [5.41, 5.74) is 3.62. The van der Waals surface area contributed by atoms with Crippen molar-refractivity contribution < 1.29 is 4.79 Å². The third-order valence-corrected chi connectivity index (χ3v) is 5.47. The molecule has 28 heavy (non-hydrogen) atoms. The maximum Gasteiger partial charge on any atom is 0.253 e. The number of nitrogens with one attached hydrogen (secondary N) is 1. The van der Waals surface area contributed by atoms with Crippen LogP contribution in [0.5, 0.6) is 0 Å². The van der Waals surface area contributed by atoms with Gasteiger partial charge >= 0.3 is 0 Å². The number of pyridine rings is 1. The highest BCUT2D eigenvalue weighted by atomic mass is 16.2. The van der Waals surface area contributed by atoms with Gasteiger partial charge in [0.1, 0.15) is 0 Å². The maximum atomic E-state index is 12.6. The Bertz CT molecular complexity index is 1030. The first-order chi connectivity index (χ1) is 13.6. The molecule has 0 aliphatic carbocycles. The van der Waals surface area contributed by atoms with E-state index in [-0.39, 0.29) is 11.5 Å². The Morgan fingerprint density at radius 2 is 1.75 bits per heavy atom. The summed E-state index contributed by atoms with van der Waals surface area (Å²) >= 11 is 0. The Morgan fingerprint density at radius 1 is 1.00 bits per heavy atom. The van der Waals surface area contributed by atoms with Crippen LogP contribution in [0.2, 0.25) is 0 Å². The summed E-state index contributed by atoms with van der Waals surface area (Å²) in [6.45, 7) is 5.63. The zero-order valence-corrected chi connectivity index (χ0v) is 16.1. The van der Waals surface area contributed by atoms with Gasteiger partial charge in [-0.15, -0.1) is 0 Å². The van der Waals surface area contributed by atoms with Crippen molar-refractivity contribution >= 4 is 16.8 Å². The lowest BCUT2D eigenvalue weighted by atomic mass is 10.1. The average molecular weight is 375 g/mol. The van der Waals surface area contributed by atoms with Crippen LogP contribution in [0.1, 0.15) is 28.4 Å². The van der Waals surface area contributed by atoms with E-state index in [0.717, 1.165) is 41.5 Å². The molecule has 1 amide bonds. The van der Waals surface area contributed by atoms with Crippen molar-refractivity contribution in [3.05, 3.63) is 81.6 Å². The second kappa shape index (κ2) is 7.98. The van der Waals surface area contributed by atoms with E-state index in [4.69, 9.17) is 0 Å². The number of carbonyl (C=O) groups excluding carboxylic acids is 1. The third-order valence-electron chi connectivity index (χ3n) is 5.47. The third kappa shape index (κ3) is 3.85. The summed E-state index contributed by atoms with van der Waals surface area (Å²) in [7, 11) is 0. The summed E-state index contributed by atoms with van der Waals surface area (Å²) in [6, 6.07) is 17.6. The van der Waals surface area contributed by atoms with Gasteiger partial charge in [0.15, 0.2) is 0 Å². The van der Waals surface area contributed by atoms with Crippen molar-refractivity contribution in [1.82, 2.24) is 14.8 Å². The van der Waals surface area contributed by atoms with E-state index >= 15 is 0 Å². The van der Waals surface area contributed by atoms with Crippen LogP contribution in [0.4, 0.5) is 0 Å². The largest absolute Gasteiger partial charge is 0.336 e. The van der Waals surface area contributed by atoms with E-state index < -0.39 is 0 Å². The molecule has 0 radical (unpaired) electrons. The van der Waals surface area contributed by atoms with Crippen LogP contribution in [0.3, 0.4) is 0 Å². The van der Waals surface area contributed by atoms with Gasteiger partial charge in [0.25, 0.3) is 11.5 Å². The average Bonchev–Trinajstić information content (AvgIpc) is 2.74. The summed E-state index contributed by atoms with van der Waals surface area (Å²) in [5, 5.41) is 1.08. The Balaban J connectivity index is 1.44. The van der Waals surface area contributed by atoms with Gasteiger partial charge < -0.3 is 9.88 Å². The van der Waals surface area contributed by atoms with Gasteiger partial charge in [0, 0.05) is 49.4 Å². The van der Waals surface area contributed by atoms with Crippen molar-refractivity contribution in [2.75, 3.05) is 26.2 Å². The van der Waals surface area contributed by atoms with Gasteiger partial charge in [-0.3, -0.25) is 14.5 Å². The minimum Gasteiger partial charge on any atom is -0.336 e. The number of aryl methyl sites for hydroxylation is 1. The van der Waals surface area contributed by atoms with Crippen LogP contribution < -0.4 is 5.56 Å². The van der Waals surface area contributed by atoms with Gasteiger partial charge in [0.2, 0.25) is 0 Å². The lowest BCUT2D eigenvalue weighted by molar-refractivity contribution is 0.0628. The van der Waals surface area contributed by atoms with Crippen molar-refractivity contribution in [2.45, 2.75) is 19.9 Å². The van der Waals surface area contributed by atoms with Gasteiger partial charge in [0.05, 0.1) is 0 Å². The number of rotatable bonds is 4. The molecule has 0 atom stereocenters. The molecule has 1 saturated heterocycles. The van der Waals surface area contributed by atoms with Gasteiger partial charge in [-0.25, -0.2) is 0 Å².